The van der Waals surface area contributed by atoms with E-state index in [1.807, 2.05) is 27.1 Å². The summed E-state index contributed by atoms with van der Waals surface area (Å²) < 4.78 is 30.5. The van der Waals surface area contributed by atoms with Crippen LogP contribution in [0, 0.1) is 13.8 Å². The fourth-order valence-electron chi connectivity index (χ4n) is 4.08. The first-order chi connectivity index (χ1) is 15.1. The zero-order chi connectivity index (χ0) is 23.0. The van der Waals surface area contributed by atoms with Gasteiger partial charge in [0.05, 0.1) is 28.6 Å². The van der Waals surface area contributed by atoms with Crippen LogP contribution < -0.4 is 10.5 Å². The van der Waals surface area contributed by atoms with Crippen molar-refractivity contribution in [2.75, 3.05) is 5.73 Å². The van der Waals surface area contributed by atoms with Gasteiger partial charge in [-0.25, -0.2) is 23.1 Å². The zero-order valence-electron chi connectivity index (χ0n) is 18.4. The van der Waals surface area contributed by atoms with E-state index in [-0.39, 0.29) is 22.9 Å². The lowest BCUT2D eigenvalue weighted by Gasteiger charge is -2.26. The van der Waals surface area contributed by atoms with E-state index in [1.54, 1.807) is 29.1 Å². The van der Waals surface area contributed by atoms with Crippen molar-refractivity contribution in [1.82, 2.24) is 24.5 Å². The summed E-state index contributed by atoms with van der Waals surface area (Å²) in [5.41, 5.74) is 10.2. The van der Waals surface area contributed by atoms with Gasteiger partial charge in [-0.15, -0.1) is 0 Å². The third kappa shape index (κ3) is 4.52. The number of aliphatic hydroxyl groups excluding tert-OH is 1. The summed E-state index contributed by atoms with van der Waals surface area (Å²) in [6.07, 6.45) is 5.49. The van der Waals surface area contributed by atoms with Crippen LogP contribution in [0.3, 0.4) is 0 Å². The number of nitrogen functional groups attached to an aromatic ring is 1. The quantitative estimate of drug-likeness (QED) is 0.536. The molecule has 0 unspecified atom stereocenters. The number of hydrogen-bond acceptors (Lipinski definition) is 7. The summed E-state index contributed by atoms with van der Waals surface area (Å²) in [7, 11) is -1.89. The van der Waals surface area contributed by atoms with E-state index in [4.69, 9.17) is 10.7 Å². The van der Waals surface area contributed by atoms with E-state index in [9.17, 15) is 13.5 Å². The molecule has 1 fully saturated rings. The normalized spacial score (nSPS) is 19.2. The SMILES string of the molecule is Cc1ccc(S(=O)(=O)NC2CCC(O)CC2)cc1-c1cnc(N)c(-c2cn(C)nc2C)n1. The minimum absolute atomic E-state index is 0.168. The molecule has 4 rings (SSSR count). The van der Waals surface area contributed by atoms with Gasteiger partial charge >= 0.3 is 0 Å². The maximum atomic E-state index is 13.0. The van der Waals surface area contributed by atoms with Crippen molar-refractivity contribution in [3.8, 4) is 22.5 Å². The lowest BCUT2D eigenvalue weighted by atomic mass is 9.94. The molecular weight excluding hydrogens is 428 g/mol. The highest BCUT2D eigenvalue weighted by molar-refractivity contribution is 7.89. The summed E-state index contributed by atoms with van der Waals surface area (Å²) in [5.74, 6) is 0.285. The van der Waals surface area contributed by atoms with Gasteiger partial charge in [0.25, 0.3) is 0 Å². The number of aryl methyl sites for hydroxylation is 3. The summed E-state index contributed by atoms with van der Waals surface area (Å²) >= 11 is 0. The molecule has 0 saturated heterocycles. The van der Waals surface area contributed by atoms with Crippen LogP contribution in [-0.4, -0.2) is 45.4 Å². The number of anilines is 1. The topological polar surface area (TPSA) is 136 Å². The Kier molecular flexibility index (Phi) is 6.02. The Morgan fingerprint density at radius 2 is 1.88 bits per heavy atom. The predicted octanol–water partition coefficient (Wildman–Crippen LogP) is 2.32. The van der Waals surface area contributed by atoms with E-state index in [0.29, 0.717) is 42.6 Å². The second-order valence-electron chi connectivity index (χ2n) is 8.39. The Hall–Kier alpha value is -2.82. The van der Waals surface area contributed by atoms with Gasteiger partial charge in [-0.05, 0) is 57.2 Å². The molecule has 2 heterocycles. The number of rotatable bonds is 5. The minimum atomic E-state index is -3.72. The molecule has 32 heavy (non-hydrogen) atoms. The van der Waals surface area contributed by atoms with Crippen LogP contribution in [-0.2, 0) is 17.1 Å². The minimum Gasteiger partial charge on any atom is -0.393 e. The molecule has 0 amide bonds. The van der Waals surface area contributed by atoms with E-state index < -0.39 is 10.0 Å². The Balaban J connectivity index is 1.69. The molecule has 0 atom stereocenters. The van der Waals surface area contributed by atoms with E-state index in [1.165, 1.54) is 0 Å². The maximum absolute atomic E-state index is 13.0. The van der Waals surface area contributed by atoms with E-state index in [2.05, 4.69) is 14.8 Å². The fourth-order valence-corrected chi connectivity index (χ4v) is 5.41. The molecule has 0 spiro atoms. The van der Waals surface area contributed by atoms with Gasteiger partial charge in [-0.3, -0.25) is 4.68 Å². The molecule has 9 nitrogen and oxygen atoms in total. The van der Waals surface area contributed by atoms with Gasteiger partial charge in [0, 0.05) is 30.4 Å². The van der Waals surface area contributed by atoms with Crippen LogP contribution in [0.25, 0.3) is 22.5 Å². The molecule has 0 aliphatic heterocycles. The Morgan fingerprint density at radius 3 is 2.53 bits per heavy atom. The Labute approximate surface area is 187 Å². The van der Waals surface area contributed by atoms with Crippen molar-refractivity contribution in [3.63, 3.8) is 0 Å². The third-order valence-electron chi connectivity index (χ3n) is 5.88. The highest BCUT2D eigenvalue weighted by atomic mass is 32.2. The Morgan fingerprint density at radius 1 is 1.16 bits per heavy atom. The first-order valence-corrected chi connectivity index (χ1v) is 12.1. The second-order valence-corrected chi connectivity index (χ2v) is 10.1. The highest BCUT2D eigenvalue weighted by Gasteiger charge is 2.25. The molecule has 10 heteroatoms. The maximum Gasteiger partial charge on any atom is 0.240 e. The number of sulfonamides is 1. The van der Waals surface area contributed by atoms with Crippen LogP contribution >= 0.6 is 0 Å². The molecule has 1 aromatic carbocycles. The number of aromatic nitrogens is 4. The molecule has 1 aliphatic rings. The van der Waals surface area contributed by atoms with Gasteiger partial charge in [-0.2, -0.15) is 5.10 Å². The van der Waals surface area contributed by atoms with Gasteiger partial charge in [0.15, 0.2) is 0 Å². The number of nitrogens with zero attached hydrogens (tertiary/aromatic N) is 4. The highest BCUT2D eigenvalue weighted by Crippen LogP contribution is 2.30. The smallest absolute Gasteiger partial charge is 0.240 e. The molecule has 2 aromatic heterocycles. The van der Waals surface area contributed by atoms with Crippen molar-refractivity contribution in [1.29, 1.82) is 0 Å². The van der Waals surface area contributed by atoms with Crippen molar-refractivity contribution in [2.45, 2.75) is 56.6 Å². The van der Waals surface area contributed by atoms with Gasteiger partial charge < -0.3 is 10.8 Å². The second kappa shape index (κ2) is 8.61. The lowest BCUT2D eigenvalue weighted by molar-refractivity contribution is 0.120. The summed E-state index contributed by atoms with van der Waals surface area (Å²) in [5, 5.41) is 14.0. The van der Waals surface area contributed by atoms with E-state index in [0.717, 1.165) is 16.8 Å². The average molecular weight is 457 g/mol. The van der Waals surface area contributed by atoms with Crippen molar-refractivity contribution < 1.29 is 13.5 Å². The molecule has 3 aromatic rings. The molecule has 4 N–H and O–H groups in total. The zero-order valence-corrected chi connectivity index (χ0v) is 19.2. The third-order valence-corrected chi connectivity index (χ3v) is 7.40. The summed E-state index contributed by atoms with van der Waals surface area (Å²) in [6.45, 7) is 3.77. The van der Waals surface area contributed by atoms with E-state index >= 15 is 0 Å². The number of nitrogens with two attached hydrogens (primary N) is 1. The van der Waals surface area contributed by atoms with Gasteiger partial charge in [0.2, 0.25) is 10.0 Å². The van der Waals surface area contributed by atoms with Crippen LogP contribution in [0.2, 0.25) is 0 Å². The lowest BCUT2D eigenvalue weighted by Crippen LogP contribution is -2.38. The molecule has 0 bridgehead atoms. The summed E-state index contributed by atoms with van der Waals surface area (Å²) in [6, 6.07) is 4.80. The first kappa shape index (κ1) is 22.4. The fraction of sp³-hybridized carbons (Fsp3) is 0.409. The number of nitrogens with one attached hydrogen (secondary N) is 1. The standard InChI is InChI=1S/C22H28N6O3S/c1-13-4-9-17(32(30,31)27-15-5-7-16(29)8-6-15)10-18(13)20-11-24-22(23)21(25-20)19-12-28(3)26-14(19)2/h4,9-12,15-16,27,29H,5-8H2,1-3H3,(H2,23,24). The molecule has 1 aliphatic carbocycles. The largest absolute Gasteiger partial charge is 0.393 e. The Bertz CT molecular complexity index is 1250. The molecule has 170 valence electrons. The van der Waals surface area contributed by atoms with Gasteiger partial charge in [0.1, 0.15) is 11.5 Å². The van der Waals surface area contributed by atoms with Crippen LogP contribution in [0.5, 0.6) is 0 Å². The average Bonchev–Trinajstić information content (AvgIpc) is 3.08. The molecule has 0 radical (unpaired) electrons. The molecular formula is C22H28N6O3S. The van der Waals surface area contributed by atoms with Crippen molar-refractivity contribution >= 4 is 15.8 Å². The van der Waals surface area contributed by atoms with Crippen molar-refractivity contribution in [2.24, 2.45) is 7.05 Å². The number of aliphatic hydroxyl groups is 1. The van der Waals surface area contributed by atoms with Crippen molar-refractivity contribution in [3.05, 3.63) is 41.9 Å². The number of hydrogen-bond donors (Lipinski definition) is 3. The van der Waals surface area contributed by atoms with Crippen LogP contribution in [0.15, 0.2) is 35.5 Å². The summed E-state index contributed by atoms with van der Waals surface area (Å²) in [4.78, 5) is 9.18. The molecule has 1 saturated carbocycles. The van der Waals surface area contributed by atoms with Gasteiger partial charge in [-0.1, -0.05) is 6.07 Å². The monoisotopic (exact) mass is 456 g/mol. The van der Waals surface area contributed by atoms with Crippen LogP contribution in [0.1, 0.15) is 36.9 Å². The first-order valence-electron chi connectivity index (χ1n) is 10.6. The van der Waals surface area contributed by atoms with Crippen LogP contribution in [0.4, 0.5) is 5.82 Å². The predicted molar refractivity (Wildman–Crippen MR) is 122 cm³/mol. The number of benzene rings is 1.